The number of benzene rings is 2. The summed E-state index contributed by atoms with van der Waals surface area (Å²) in [5.41, 5.74) is 6.27. The Labute approximate surface area is 152 Å². The van der Waals surface area contributed by atoms with Gasteiger partial charge in [-0.25, -0.2) is 0 Å². The fraction of sp³-hybridized carbons (Fsp3) is 0.520. The minimum atomic E-state index is 0.224. The lowest BCUT2D eigenvalue weighted by Gasteiger charge is -2.48. The normalized spacial score (nSPS) is 23.2. The van der Waals surface area contributed by atoms with E-state index in [2.05, 4.69) is 42.5 Å². The molecule has 25 heavy (non-hydrogen) atoms. The number of hydrogen-bond acceptors (Lipinski definition) is 0. The Kier molecular flexibility index (Phi) is 3.95. The Bertz CT molecular complexity index is 679. The molecule has 0 aliphatic heterocycles. The first-order valence-electron chi connectivity index (χ1n) is 10.4. The van der Waals surface area contributed by atoms with Crippen LogP contribution in [0.4, 0.5) is 0 Å². The average Bonchev–Trinajstić information content (AvgIpc) is 3.01. The Hall–Kier alpha value is -1.56. The molecule has 0 aromatic heterocycles. The standard InChI is InChI=1S/C25H28/c1-3-11-19(12-4-1)25(20-13-5-2-6-14-20)23-17-9-7-15-21(23)22-16-8-10-18-24(22)25/h7,9-10,15-17,19-20H,1-6,11-14H2. The maximum absolute atomic E-state index is 3.73. The van der Waals surface area contributed by atoms with E-state index in [9.17, 15) is 0 Å². The molecular weight excluding hydrogens is 300 g/mol. The van der Waals surface area contributed by atoms with E-state index in [1.807, 2.05) is 6.07 Å². The summed E-state index contributed by atoms with van der Waals surface area (Å²) in [7, 11) is 0. The Morgan fingerprint density at radius 2 is 1.40 bits per heavy atom. The van der Waals surface area contributed by atoms with E-state index in [-0.39, 0.29) is 5.41 Å². The van der Waals surface area contributed by atoms with Gasteiger partial charge in [0.1, 0.15) is 0 Å². The van der Waals surface area contributed by atoms with Crippen molar-refractivity contribution in [3.63, 3.8) is 0 Å². The van der Waals surface area contributed by atoms with Gasteiger partial charge < -0.3 is 0 Å². The smallest absolute Gasteiger partial charge is 0.0277 e. The van der Waals surface area contributed by atoms with Crippen molar-refractivity contribution in [1.29, 1.82) is 0 Å². The molecule has 0 unspecified atom stereocenters. The van der Waals surface area contributed by atoms with E-state index in [1.54, 1.807) is 5.56 Å². The molecule has 2 radical (unpaired) electrons. The Morgan fingerprint density at radius 1 is 0.760 bits per heavy atom. The van der Waals surface area contributed by atoms with Crippen LogP contribution in [0.25, 0.3) is 11.1 Å². The molecule has 0 heterocycles. The van der Waals surface area contributed by atoms with E-state index in [4.69, 9.17) is 0 Å². The largest absolute Gasteiger partial charge is 0.0619 e. The highest BCUT2D eigenvalue weighted by Gasteiger charge is 2.53. The highest BCUT2D eigenvalue weighted by Crippen LogP contribution is 2.61. The number of hydrogen-bond donors (Lipinski definition) is 0. The maximum Gasteiger partial charge on any atom is 0.0277 e. The topological polar surface area (TPSA) is 0 Å². The van der Waals surface area contributed by atoms with Gasteiger partial charge in [-0.2, -0.15) is 0 Å². The van der Waals surface area contributed by atoms with Crippen LogP contribution in [0.15, 0.2) is 36.4 Å². The van der Waals surface area contributed by atoms with Crippen LogP contribution in [0.2, 0.25) is 0 Å². The first kappa shape index (κ1) is 15.7. The molecule has 2 saturated carbocycles. The van der Waals surface area contributed by atoms with Crippen molar-refractivity contribution < 1.29 is 0 Å². The lowest BCUT2D eigenvalue weighted by molar-refractivity contribution is 0.137. The number of fused-ring (bicyclic) bond motifs is 3. The first-order chi connectivity index (χ1) is 12.4. The molecule has 0 saturated heterocycles. The summed E-state index contributed by atoms with van der Waals surface area (Å²) in [6.07, 6.45) is 14.1. The molecule has 0 amide bonds. The molecule has 0 N–H and O–H groups in total. The second kappa shape index (κ2) is 6.31. The summed E-state index contributed by atoms with van der Waals surface area (Å²) in [4.78, 5) is 0. The third-order valence-electron chi connectivity index (χ3n) is 7.37. The molecule has 2 aromatic rings. The second-order valence-electron chi connectivity index (χ2n) is 8.47. The second-order valence-corrected chi connectivity index (χ2v) is 8.47. The van der Waals surface area contributed by atoms with Crippen molar-refractivity contribution in [2.75, 3.05) is 0 Å². The van der Waals surface area contributed by atoms with Crippen molar-refractivity contribution in [3.05, 3.63) is 59.7 Å². The Morgan fingerprint density at radius 3 is 2.08 bits per heavy atom. The SMILES string of the molecule is [c]1c[c]c2c(c1)-c1ccccc1C2(C1CCCCC1)C1CCCCC1. The van der Waals surface area contributed by atoms with Crippen LogP contribution in [0.3, 0.4) is 0 Å². The third kappa shape index (κ3) is 2.26. The summed E-state index contributed by atoms with van der Waals surface area (Å²) in [6.45, 7) is 0. The molecule has 128 valence electrons. The third-order valence-corrected chi connectivity index (χ3v) is 7.37. The highest BCUT2D eigenvalue weighted by atomic mass is 14.6. The van der Waals surface area contributed by atoms with Gasteiger partial charge in [-0.3, -0.25) is 0 Å². The molecule has 0 spiro atoms. The van der Waals surface area contributed by atoms with Gasteiger partial charge >= 0.3 is 0 Å². The van der Waals surface area contributed by atoms with E-state index < -0.39 is 0 Å². The lowest BCUT2D eigenvalue weighted by atomic mass is 9.55. The van der Waals surface area contributed by atoms with Crippen LogP contribution in [-0.4, -0.2) is 0 Å². The van der Waals surface area contributed by atoms with E-state index in [0.29, 0.717) is 0 Å². The number of rotatable bonds is 2. The summed E-state index contributed by atoms with van der Waals surface area (Å²) in [6, 6.07) is 20.6. The molecule has 0 atom stereocenters. The average molecular weight is 328 g/mol. The van der Waals surface area contributed by atoms with Gasteiger partial charge in [0.25, 0.3) is 0 Å². The van der Waals surface area contributed by atoms with Crippen LogP contribution in [0, 0.1) is 24.0 Å². The molecule has 3 aliphatic carbocycles. The van der Waals surface area contributed by atoms with Crippen molar-refractivity contribution in [1.82, 2.24) is 0 Å². The lowest BCUT2D eigenvalue weighted by Crippen LogP contribution is -2.44. The van der Waals surface area contributed by atoms with Crippen LogP contribution in [0.1, 0.15) is 75.3 Å². The van der Waals surface area contributed by atoms with Gasteiger partial charge in [0.15, 0.2) is 0 Å². The van der Waals surface area contributed by atoms with Crippen LogP contribution < -0.4 is 0 Å². The molecule has 0 nitrogen and oxygen atoms in total. The zero-order chi connectivity index (χ0) is 16.7. The van der Waals surface area contributed by atoms with Crippen LogP contribution >= 0.6 is 0 Å². The molecule has 2 fully saturated rings. The van der Waals surface area contributed by atoms with E-state index in [0.717, 1.165) is 11.8 Å². The molecule has 0 bridgehead atoms. The molecule has 2 aromatic carbocycles. The van der Waals surface area contributed by atoms with Gasteiger partial charge in [0.2, 0.25) is 0 Å². The maximum atomic E-state index is 3.73. The highest BCUT2D eigenvalue weighted by molar-refractivity contribution is 5.81. The molecule has 0 heteroatoms. The minimum absolute atomic E-state index is 0.224. The van der Waals surface area contributed by atoms with Gasteiger partial charge in [-0.05, 0) is 84.0 Å². The summed E-state index contributed by atoms with van der Waals surface area (Å²) >= 11 is 0. The van der Waals surface area contributed by atoms with Crippen molar-refractivity contribution >= 4 is 0 Å². The van der Waals surface area contributed by atoms with Crippen molar-refractivity contribution in [2.24, 2.45) is 11.8 Å². The van der Waals surface area contributed by atoms with E-state index in [1.165, 1.54) is 80.9 Å². The summed E-state index contributed by atoms with van der Waals surface area (Å²) in [5.74, 6) is 1.59. The fourth-order valence-corrected chi connectivity index (χ4v) is 6.45. The van der Waals surface area contributed by atoms with Gasteiger partial charge in [-0.1, -0.05) is 62.8 Å². The molecular formula is C25H28. The van der Waals surface area contributed by atoms with Gasteiger partial charge in [-0.15, -0.1) is 0 Å². The predicted octanol–water partition coefficient (Wildman–Crippen LogP) is 6.71. The zero-order valence-electron chi connectivity index (χ0n) is 15.2. The molecule has 3 aliphatic rings. The predicted molar refractivity (Wildman–Crippen MR) is 103 cm³/mol. The summed E-state index contributed by atoms with van der Waals surface area (Å²) < 4.78 is 0. The van der Waals surface area contributed by atoms with Gasteiger partial charge in [0.05, 0.1) is 0 Å². The molecule has 5 rings (SSSR count). The van der Waals surface area contributed by atoms with Crippen LogP contribution in [0.5, 0.6) is 0 Å². The Balaban J connectivity index is 1.76. The van der Waals surface area contributed by atoms with E-state index >= 15 is 0 Å². The van der Waals surface area contributed by atoms with Crippen molar-refractivity contribution in [3.8, 4) is 11.1 Å². The quantitative estimate of drug-likeness (QED) is 0.574. The zero-order valence-corrected chi connectivity index (χ0v) is 15.2. The van der Waals surface area contributed by atoms with Crippen LogP contribution in [-0.2, 0) is 5.41 Å². The van der Waals surface area contributed by atoms with Crippen molar-refractivity contribution in [2.45, 2.75) is 69.6 Å². The summed E-state index contributed by atoms with van der Waals surface area (Å²) in [5, 5.41) is 0. The minimum Gasteiger partial charge on any atom is -0.0619 e. The fourth-order valence-electron chi connectivity index (χ4n) is 6.45. The first-order valence-corrected chi connectivity index (χ1v) is 10.4. The van der Waals surface area contributed by atoms with Gasteiger partial charge in [0, 0.05) is 5.41 Å². The monoisotopic (exact) mass is 328 g/mol.